The summed E-state index contributed by atoms with van der Waals surface area (Å²) in [5.41, 5.74) is -0.402. The first-order valence-electron chi connectivity index (χ1n) is 3.60. The lowest BCUT2D eigenvalue weighted by molar-refractivity contribution is 0.0690. The van der Waals surface area contributed by atoms with Crippen molar-refractivity contribution in [1.29, 1.82) is 0 Å². The van der Waals surface area contributed by atoms with E-state index in [9.17, 15) is 4.79 Å². The molecule has 0 radical (unpaired) electrons. The van der Waals surface area contributed by atoms with Crippen molar-refractivity contribution in [2.45, 2.75) is 6.85 Å². The van der Waals surface area contributed by atoms with Crippen LogP contribution < -0.4 is 0 Å². The van der Waals surface area contributed by atoms with Gasteiger partial charge in [0, 0.05) is 11.0 Å². The predicted molar refractivity (Wildman–Crippen MR) is 28.2 cm³/mol. The summed E-state index contributed by atoms with van der Waals surface area (Å²) in [6.45, 7) is -2.49. The van der Waals surface area contributed by atoms with E-state index in [2.05, 4.69) is 9.40 Å². The number of aromatic carboxylic acids is 1. The Morgan fingerprint density at radius 3 is 3.22 bits per heavy atom. The maximum atomic E-state index is 10.2. The number of hydrogen-bond acceptors (Lipinski definition) is 3. The van der Waals surface area contributed by atoms with Gasteiger partial charge in [-0.05, 0) is 0 Å². The van der Waals surface area contributed by atoms with Crippen molar-refractivity contribution in [3.63, 3.8) is 0 Å². The molecule has 1 aromatic rings. The maximum absolute atomic E-state index is 10.2. The first-order chi connectivity index (χ1) is 5.41. The molecule has 1 rings (SSSR count). The second-order valence-electron chi connectivity index (χ2n) is 1.34. The lowest BCUT2D eigenvalue weighted by Gasteiger charge is -1.76. The number of oxazole rings is 1. The molecule has 0 saturated carbocycles. The third kappa shape index (κ3) is 1.07. The number of aromatic nitrogens is 1. The van der Waals surface area contributed by atoms with E-state index in [0.717, 1.165) is 6.26 Å². The molecule has 0 spiro atoms. The summed E-state index contributed by atoms with van der Waals surface area (Å²) in [4.78, 5) is 13.5. The zero-order valence-corrected chi connectivity index (χ0v) is 4.29. The Morgan fingerprint density at radius 2 is 2.89 bits per heavy atom. The highest BCUT2D eigenvalue weighted by Gasteiger charge is 2.05. The molecule has 48 valence electrons. The molecule has 1 heterocycles. The Labute approximate surface area is 55.3 Å². The highest BCUT2D eigenvalue weighted by atomic mass is 16.4. The van der Waals surface area contributed by atoms with Gasteiger partial charge in [0.1, 0.15) is 6.26 Å². The Bertz CT molecular complexity index is 303. The zero-order chi connectivity index (χ0) is 9.35. The van der Waals surface area contributed by atoms with Crippen LogP contribution in [0.1, 0.15) is 20.5 Å². The van der Waals surface area contributed by atoms with Crippen molar-refractivity contribution in [2.24, 2.45) is 0 Å². The van der Waals surface area contributed by atoms with Crippen LogP contribution in [-0.2, 0) is 0 Å². The topological polar surface area (TPSA) is 63.3 Å². The van der Waals surface area contributed by atoms with Crippen LogP contribution in [0, 0.1) is 6.85 Å². The van der Waals surface area contributed by atoms with E-state index < -0.39 is 24.4 Å². The Balaban J connectivity index is 3.00. The van der Waals surface area contributed by atoms with Crippen molar-refractivity contribution >= 4 is 5.97 Å². The quantitative estimate of drug-likeness (QED) is 0.607. The van der Waals surface area contributed by atoms with E-state index >= 15 is 0 Å². The molecule has 0 aliphatic carbocycles. The molecular formula is C5H5NO3. The molecule has 4 heteroatoms. The van der Waals surface area contributed by atoms with Crippen LogP contribution in [0.5, 0.6) is 0 Å². The summed E-state index contributed by atoms with van der Waals surface area (Å²) in [5.74, 6) is -1.87. The Hall–Kier alpha value is -1.32. The summed E-state index contributed by atoms with van der Waals surface area (Å²) in [6, 6.07) is 0. The van der Waals surface area contributed by atoms with E-state index in [0.29, 0.717) is 0 Å². The molecule has 0 amide bonds. The number of carboxylic acid groups (broad SMARTS) is 1. The third-order valence-electron chi connectivity index (χ3n) is 0.723. The number of hydrogen-bond donors (Lipinski definition) is 1. The van der Waals surface area contributed by atoms with Crippen LogP contribution in [0.3, 0.4) is 0 Å². The molecule has 0 aliphatic heterocycles. The first kappa shape index (κ1) is 3.00. The van der Waals surface area contributed by atoms with Crippen LogP contribution >= 0.6 is 0 Å². The van der Waals surface area contributed by atoms with Gasteiger partial charge < -0.3 is 9.52 Å². The molecule has 0 unspecified atom stereocenters. The molecule has 0 aromatic carbocycles. The number of rotatable bonds is 1. The van der Waals surface area contributed by atoms with Crippen molar-refractivity contribution < 1.29 is 18.4 Å². The molecule has 1 aromatic heterocycles. The molecule has 0 atom stereocenters. The van der Waals surface area contributed by atoms with Gasteiger partial charge in [-0.2, -0.15) is 0 Å². The number of carbonyl (C=O) groups is 1. The smallest absolute Gasteiger partial charge is 0.357 e. The predicted octanol–water partition coefficient (Wildman–Crippen LogP) is 0.681. The van der Waals surface area contributed by atoms with Crippen LogP contribution in [0.25, 0.3) is 0 Å². The molecule has 4 nitrogen and oxygen atoms in total. The van der Waals surface area contributed by atoms with E-state index in [1.807, 2.05) is 0 Å². The highest BCUT2D eigenvalue weighted by molar-refractivity contribution is 5.84. The van der Waals surface area contributed by atoms with E-state index in [1.165, 1.54) is 0 Å². The van der Waals surface area contributed by atoms with Crippen LogP contribution in [-0.4, -0.2) is 16.1 Å². The molecule has 0 aliphatic rings. The fourth-order valence-corrected chi connectivity index (χ4v) is 0.372. The van der Waals surface area contributed by atoms with E-state index in [4.69, 9.17) is 9.22 Å². The lowest BCUT2D eigenvalue weighted by Crippen LogP contribution is -1.95. The largest absolute Gasteiger partial charge is 0.476 e. The van der Waals surface area contributed by atoms with Crippen LogP contribution in [0.15, 0.2) is 10.7 Å². The molecule has 0 saturated heterocycles. The van der Waals surface area contributed by atoms with Crippen molar-refractivity contribution in [3.05, 3.63) is 17.8 Å². The molecule has 1 N–H and O–H groups in total. The fourth-order valence-electron chi connectivity index (χ4n) is 0.372. The molecular weight excluding hydrogens is 122 g/mol. The van der Waals surface area contributed by atoms with Gasteiger partial charge in [0.05, 0.1) is 0 Å². The van der Waals surface area contributed by atoms with Crippen molar-refractivity contribution in [3.8, 4) is 0 Å². The summed E-state index contributed by atoms with van der Waals surface area (Å²) < 4.78 is 24.9. The summed E-state index contributed by atoms with van der Waals surface area (Å²) in [7, 11) is 0. The summed E-state index contributed by atoms with van der Waals surface area (Å²) >= 11 is 0. The van der Waals surface area contributed by atoms with Gasteiger partial charge in [0.25, 0.3) is 0 Å². The van der Waals surface area contributed by atoms with E-state index in [-0.39, 0.29) is 0 Å². The van der Waals surface area contributed by atoms with Gasteiger partial charge in [0.15, 0.2) is 11.6 Å². The lowest BCUT2D eigenvalue weighted by atomic mass is 10.5. The van der Waals surface area contributed by atoms with Crippen molar-refractivity contribution in [1.82, 2.24) is 4.98 Å². The van der Waals surface area contributed by atoms with Gasteiger partial charge in [-0.25, -0.2) is 9.78 Å². The fraction of sp³-hybridized carbons (Fsp3) is 0.200. The minimum Gasteiger partial charge on any atom is -0.476 e. The van der Waals surface area contributed by atoms with Gasteiger partial charge in [-0.3, -0.25) is 0 Å². The standard InChI is InChI=1S/C5H5NO3/c1-3-6-4(2-9-3)5(7)8/h2H,1H3,(H,7,8)/i1D3. The Morgan fingerprint density at radius 1 is 2.11 bits per heavy atom. The second-order valence-corrected chi connectivity index (χ2v) is 1.34. The minimum atomic E-state index is -2.49. The Kier molecular flexibility index (Phi) is 0.631. The maximum Gasteiger partial charge on any atom is 0.357 e. The van der Waals surface area contributed by atoms with Gasteiger partial charge in [-0.1, -0.05) is 0 Å². The first-order valence-corrected chi connectivity index (χ1v) is 2.10. The minimum absolute atomic E-state index is 0.402. The van der Waals surface area contributed by atoms with E-state index in [1.54, 1.807) is 0 Å². The second kappa shape index (κ2) is 1.89. The monoisotopic (exact) mass is 130 g/mol. The highest BCUT2D eigenvalue weighted by Crippen LogP contribution is 1.98. The number of nitrogens with zero attached hydrogens (tertiary/aromatic N) is 1. The number of carboxylic acids is 1. The van der Waals surface area contributed by atoms with Crippen LogP contribution in [0.2, 0.25) is 0 Å². The third-order valence-corrected chi connectivity index (χ3v) is 0.723. The van der Waals surface area contributed by atoms with Gasteiger partial charge in [0.2, 0.25) is 0 Å². The SMILES string of the molecule is [2H]C([2H])([2H])c1nc(C(=O)O)co1. The molecule has 0 fully saturated rings. The van der Waals surface area contributed by atoms with Crippen molar-refractivity contribution in [2.75, 3.05) is 0 Å². The zero-order valence-electron chi connectivity index (χ0n) is 7.29. The normalized spacial score (nSPS) is 15.8. The molecule has 0 bridgehead atoms. The average molecular weight is 130 g/mol. The summed E-state index contributed by atoms with van der Waals surface area (Å²) in [5, 5.41) is 8.36. The van der Waals surface area contributed by atoms with Crippen LogP contribution in [0.4, 0.5) is 0 Å². The number of aryl methyl sites for hydroxylation is 1. The van der Waals surface area contributed by atoms with Gasteiger partial charge >= 0.3 is 5.97 Å². The van der Waals surface area contributed by atoms with Gasteiger partial charge in [-0.15, -0.1) is 0 Å². The average Bonchev–Trinajstić information content (AvgIpc) is 2.30. The molecule has 9 heavy (non-hydrogen) atoms. The summed E-state index contributed by atoms with van der Waals surface area (Å²) in [6.07, 6.45) is 0.796.